The van der Waals surface area contributed by atoms with Crippen molar-refractivity contribution in [3.05, 3.63) is 65.4 Å². The molecule has 0 atom stereocenters. The Morgan fingerprint density at radius 2 is 1.83 bits per heavy atom. The summed E-state index contributed by atoms with van der Waals surface area (Å²) in [7, 11) is 0. The van der Waals surface area contributed by atoms with E-state index in [1.165, 1.54) is 18.2 Å². The Hall–Kier alpha value is -3.04. The standard InChI is InChI=1S/C23H22F2N4/c1-15-2-3-18(11-21(15)24)23-20(17-4-5-19(12-26)22(25)10-17)14-29(28-23)13-16-6-8-27-9-7-16/h2-5,10-11,14,16,27H,6-9,13H2,1H3. The van der Waals surface area contributed by atoms with E-state index < -0.39 is 5.82 Å². The maximum absolute atomic E-state index is 14.3. The molecule has 0 unspecified atom stereocenters. The first kappa shape index (κ1) is 19.3. The van der Waals surface area contributed by atoms with Gasteiger partial charge in [0.15, 0.2) is 0 Å². The van der Waals surface area contributed by atoms with Crippen molar-refractivity contribution in [1.29, 1.82) is 5.26 Å². The highest BCUT2D eigenvalue weighted by Gasteiger charge is 2.19. The molecule has 29 heavy (non-hydrogen) atoms. The van der Waals surface area contributed by atoms with E-state index in [1.807, 2.05) is 23.0 Å². The number of nitrogens with zero attached hydrogens (tertiary/aromatic N) is 3. The number of benzene rings is 2. The van der Waals surface area contributed by atoms with Gasteiger partial charge in [0.25, 0.3) is 0 Å². The number of piperidine rings is 1. The molecule has 1 aliphatic rings. The van der Waals surface area contributed by atoms with E-state index in [9.17, 15) is 8.78 Å². The molecule has 1 aromatic heterocycles. The van der Waals surface area contributed by atoms with Crippen LogP contribution in [0.25, 0.3) is 22.4 Å². The lowest BCUT2D eigenvalue weighted by molar-refractivity contribution is 0.321. The third-order valence-electron chi connectivity index (χ3n) is 5.51. The highest BCUT2D eigenvalue weighted by atomic mass is 19.1. The topological polar surface area (TPSA) is 53.6 Å². The van der Waals surface area contributed by atoms with E-state index in [0.29, 0.717) is 28.3 Å². The van der Waals surface area contributed by atoms with Crippen molar-refractivity contribution in [2.24, 2.45) is 5.92 Å². The van der Waals surface area contributed by atoms with Crippen molar-refractivity contribution in [1.82, 2.24) is 15.1 Å². The van der Waals surface area contributed by atoms with E-state index >= 15 is 0 Å². The van der Waals surface area contributed by atoms with Crippen molar-refractivity contribution in [2.75, 3.05) is 13.1 Å². The van der Waals surface area contributed by atoms with Crippen LogP contribution in [-0.4, -0.2) is 22.9 Å². The fourth-order valence-corrected chi connectivity index (χ4v) is 3.78. The molecule has 0 amide bonds. The number of hydrogen-bond acceptors (Lipinski definition) is 3. The van der Waals surface area contributed by atoms with Gasteiger partial charge in [-0.25, -0.2) is 8.78 Å². The number of nitrogens with one attached hydrogen (secondary N) is 1. The minimum Gasteiger partial charge on any atom is -0.317 e. The fourth-order valence-electron chi connectivity index (χ4n) is 3.78. The zero-order chi connectivity index (χ0) is 20.4. The van der Waals surface area contributed by atoms with Crippen LogP contribution in [-0.2, 0) is 6.54 Å². The van der Waals surface area contributed by atoms with Gasteiger partial charge in [-0.1, -0.05) is 18.2 Å². The third-order valence-corrected chi connectivity index (χ3v) is 5.51. The van der Waals surface area contributed by atoms with Crippen LogP contribution in [0.3, 0.4) is 0 Å². The predicted octanol–water partition coefficient (Wildman–Crippen LogP) is 4.68. The average Bonchev–Trinajstić information content (AvgIpc) is 3.14. The lowest BCUT2D eigenvalue weighted by Gasteiger charge is -2.22. The minimum absolute atomic E-state index is 0.00113. The first-order valence-electron chi connectivity index (χ1n) is 9.80. The Bertz CT molecular complexity index is 1070. The van der Waals surface area contributed by atoms with Crippen molar-refractivity contribution < 1.29 is 8.78 Å². The largest absolute Gasteiger partial charge is 0.317 e. The van der Waals surface area contributed by atoms with Crippen LogP contribution in [0, 0.1) is 35.8 Å². The molecule has 0 bridgehead atoms. The summed E-state index contributed by atoms with van der Waals surface area (Å²) in [4.78, 5) is 0. The first-order valence-corrected chi connectivity index (χ1v) is 9.80. The van der Waals surface area contributed by atoms with E-state index in [-0.39, 0.29) is 11.4 Å². The second kappa shape index (κ2) is 8.14. The Kier molecular flexibility index (Phi) is 5.41. The summed E-state index contributed by atoms with van der Waals surface area (Å²) in [6.45, 7) is 4.47. The monoisotopic (exact) mass is 392 g/mol. The number of nitriles is 1. The van der Waals surface area contributed by atoms with Crippen LogP contribution in [0.2, 0.25) is 0 Å². The smallest absolute Gasteiger partial charge is 0.141 e. The molecule has 1 aliphatic heterocycles. The van der Waals surface area contributed by atoms with Gasteiger partial charge in [-0.3, -0.25) is 4.68 Å². The molecule has 0 spiro atoms. The molecule has 0 saturated carbocycles. The molecule has 4 nitrogen and oxygen atoms in total. The number of aromatic nitrogens is 2. The second-order valence-electron chi connectivity index (χ2n) is 7.58. The fraction of sp³-hybridized carbons (Fsp3) is 0.304. The Morgan fingerprint density at radius 1 is 1.10 bits per heavy atom. The summed E-state index contributed by atoms with van der Waals surface area (Å²) in [5, 5.41) is 17.1. The summed E-state index contributed by atoms with van der Waals surface area (Å²) in [6, 6.07) is 11.4. The molecule has 6 heteroatoms. The quantitative estimate of drug-likeness (QED) is 0.702. The molecule has 4 rings (SSSR count). The van der Waals surface area contributed by atoms with Crippen LogP contribution < -0.4 is 5.32 Å². The minimum atomic E-state index is -0.572. The molecule has 0 radical (unpaired) electrons. The van der Waals surface area contributed by atoms with E-state index in [4.69, 9.17) is 10.4 Å². The van der Waals surface area contributed by atoms with Crippen molar-refractivity contribution >= 4 is 0 Å². The van der Waals surface area contributed by atoms with Crippen LogP contribution in [0.5, 0.6) is 0 Å². The zero-order valence-electron chi connectivity index (χ0n) is 16.3. The van der Waals surface area contributed by atoms with Gasteiger partial charge in [-0.15, -0.1) is 0 Å². The van der Waals surface area contributed by atoms with Gasteiger partial charge in [0.05, 0.1) is 5.56 Å². The Morgan fingerprint density at radius 3 is 2.52 bits per heavy atom. The first-order chi connectivity index (χ1) is 14.0. The Balaban J connectivity index is 1.77. The molecule has 1 saturated heterocycles. The maximum atomic E-state index is 14.3. The molecule has 1 N–H and O–H groups in total. The van der Waals surface area contributed by atoms with Gasteiger partial charge in [-0.05, 0) is 68.1 Å². The normalized spacial score (nSPS) is 14.7. The predicted molar refractivity (Wildman–Crippen MR) is 108 cm³/mol. The van der Waals surface area contributed by atoms with Crippen LogP contribution in [0.4, 0.5) is 8.78 Å². The third kappa shape index (κ3) is 4.06. The van der Waals surface area contributed by atoms with E-state index in [2.05, 4.69) is 5.32 Å². The highest BCUT2D eigenvalue weighted by molar-refractivity contribution is 5.80. The van der Waals surface area contributed by atoms with Crippen LogP contribution in [0.1, 0.15) is 24.0 Å². The van der Waals surface area contributed by atoms with Crippen molar-refractivity contribution in [2.45, 2.75) is 26.3 Å². The average molecular weight is 392 g/mol. The van der Waals surface area contributed by atoms with Gasteiger partial charge in [0, 0.05) is 23.9 Å². The molecule has 2 aromatic carbocycles. The molecular formula is C23H22F2N4. The SMILES string of the molecule is Cc1ccc(-c2nn(CC3CCNCC3)cc2-c2ccc(C#N)c(F)c2)cc1F. The number of aryl methyl sites for hydroxylation is 1. The number of hydrogen-bond donors (Lipinski definition) is 1. The molecule has 2 heterocycles. The maximum Gasteiger partial charge on any atom is 0.141 e. The van der Waals surface area contributed by atoms with E-state index in [1.54, 1.807) is 19.1 Å². The summed E-state index contributed by atoms with van der Waals surface area (Å²) < 4.78 is 30.3. The zero-order valence-corrected chi connectivity index (χ0v) is 16.3. The van der Waals surface area contributed by atoms with Gasteiger partial charge >= 0.3 is 0 Å². The molecule has 1 fully saturated rings. The van der Waals surface area contributed by atoms with Crippen molar-refractivity contribution in [3.8, 4) is 28.5 Å². The summed E-state index contributed by atoms with van der Waals surface area (Å²) in [5.41, 5.74) is 3.17. The lowest BCUT2D eigenvalue weighted by atomic mass is 9.98. The second-order valence-corrected chi connectivity index (χ2v) is 7.58. The molecule has 0 aliphatic carbocycles. The van der Waals surface area contributed by atoms with Gasteiger partial charge in [0.1, 0.15) is 23.4 Å². The summed E-state index contributed by atoms with van der Waals surface area (Å²) in [5.74, 6) is -0.353. The van der Waals surface area contributed by atoms with E-state index in [0.717, 1.165) is 38.0 Å². The van der Waals surface area contributed by atoms with Gasteiger partial charge in [-0.2, -0.15) is 10.4 Å². The molecular weight excluding hydrogens is 370 g/mol. The van der Waals surface area contributed by atoms with Crippen LogP contribution in [0.15, 0.2) is 42.6 Å². The molecule has 3 aromatic rings. The highest BCUT2D eigenvalue weighted by Crippen LogP contribution is 2.33. The number of rotatable bonds is 4. The van der Waals surface area contributed by atoms with Crippen LogP contribution >= 0.6 is 0 Å². The van der Waals surface area contributed by atoms with Gasteiger partial charge < -0.3 is 5.32 Å². The Labute approximate surface area is 168 Å². The van der Waals surface area contributed by atoms with Crippen molar-refractivity contribution in [3.63, 3.8) is 0 Å². The lowest BCUT2D eigenvalue weighted by Crippen LogP contribution is -2.30. The summed E-state index contributed by atoms with van der Waals surface area (Å²) in [6.07, 6.45) is 4.06. The summed E-state index contributed by atoms with van der Waals surface area (Å²) >= 11 is 0. The molecule has 148 valence electrons. The van der Waals surface area contributed by atoms with Gasteiger partial charge in [0.2, 0.25) is 0 Å². The number of halogens is 2.